The number of primary amides is 1. The van der Waals surface area contributed by atoms with Crippen molar-refractivity contribution in [3.05, 3.63) is 45.8 Å². The molecule has 150 valence electrons. The molecule has 0 fully saturated rings. The topological polar surface area (TPSA) is 110 Å². The second-order valence-corrected chi connectivity index (χ2v) is 10.2. The molecule has 2 amide bonds. The quantitative estimate of drug-likeness (QED) is 0.723. The Balaban J connectivity index is 1.87. The number of sulfonamides is 1. The fourth-order valence-electron chi connectivity index (χ4n) is 3.26. The number of benzene rings is 1. The van der Waals surface area contributed by atoms with Crippen LogP contribution in [0.5, 0.6) is 0 Å². The predicted molar refractivity (Wildman–Crippen MR) is 109 cm³/mol. The third-order valence-corrected chi connectivity index (χ3v) is 7.83. The Morgan fingerprint density at radius 3 is 2.32 bits per heavy atom. The smallest absolute Gasteiger partial charge is 0.256 e. The molecule has 0 radical (unpaired) electrons. The summed E-state index contributed by atoms with van der Waals surface area (Å²) in [5, 5.41) is 3.25. The molecule has 0 saturated carbocycles. The number of amides is 2. The molecule has 0 aliphatic heterocycles. The summed E-state index contributed by atoms with van der Waals surface area (Å²) in [6.07, 6.45) is 4.84. The first-order valence-electron chi connectivity index (χ1n) is 9.00. The van der Waals surface area contributed by atoms with Crippen LogP contribution in [0.1, 0.15) is 50.4 Å². The van der Waals surface area contributed by atoms with Crippen LogP contribution in [0.15, 0.2) is 29.2 Å². The SMILES string of the molecule is CN(C)S(=O)(=O)c1ccc(C(=O)Nc2sc3c(c2C(N)=O)CCCCC3)cc1. The summed E-state index contributed by atoms with van der Waals surface area (Å²) in [6, 6.07) is 5.69. The molecular weight excluding hydrogens is 398 g/mol. The maximum absolute atomic E-state index is 12.6. The van der Waals surface area contributed by atoms with Gasteiger partial charge in [0.1, 0.15) is 5.00 Å². The third-order valence-electron chi connectivity index (χ3n) is 4.79. The molecule has 28 heavy (non-hydrogen) atoms. The number of anilines is 1. The van der Waals surface area contributed by atoms with Crippen molar-refractivity contribution in [3.63, 3.8) is 0 Å². The van der Waals surface area contributed by atoms with E-state index in [1.165, 1.54) is 49.7 Å². The maximum Gasteiger partial charge on any atom is 0.256 e. The molecule has 3 N–H and O–H groups in total. The third kappa shape index (κ3) is 3.96. The van der Waals surface area contributed by atoms with Gasteiger partial charge < -0.3 is 11.1 Å². The Labute approximate surface area is 168 Å². The van der Waals surface area contributed by atoms with Crippen LogP contribution >= 0.6 is 11.3 Å². The number of nitrogens with zero attached hydrogens (tertiary/aromatic N) is 1. The molecule has 3 rings (SSSR count). The van der Waals surface area contributed by atoms with Gasteiger partial charge in [0.15, 0.2) is 0 Å². The normalized spacial score (nSPS) is 14.4. The average molecular weight is 422 g/mol. The second kappa shape index (κ2) is 8.02. The van der Waals surface area contributed by atoms with Gasteiger partial charge in [-0.3, -0.25) is 9.59 Å². The molecule has 7 nitrogen and oxygen atoms in total. The van der Waals surface area contributed by atoms with Gasteiger partial charge in [0.2, 0.25) is 10.0 Å². The van der Waals surface area contributed by atoms with Gasteiger partial charge in [0, 0.05) is 24.5 Å². The van der Waals surface area contributed by atoms with Crippen molar-refractivity contribution < 1.29 is 18.0 Å². The van der Waals surface area contributed by atoms with Gasteiger partial charge in [0.05, 0.1) is 10.5 Å². The zero-order valence-electron chi connectivity index (χ0n) is 15.8. The van der Waals surface area contributed by atoms with Crippen molar-refractivity contribution in [2.45, 2.75) is 37.0 Å². The largest absolute Gasteiger partial charge is 0.365 e. The molecule has 0 atom stereocenters. The first-order chi connectivity index (χ1) is 13.2. The summed E-state index contributed by atoms with van der Waals surface area (Å²) in [5.74, 6) is -0.949. The van der Waals surface area contributed by atoms with Crippen LogP contribution in [-0.2, 0) is 22.9 Å². The number of rotatable bonds is 5. The van der Waals surface area contributed by atoms with Crippen LogP contribution in [0.25, 0.3) is 0 Å². The number of hydrogen-bond acceptors (Lipinski definition) is 5. The molecule has 0 spiro atoms. The molecule has 9 heteroatoms. The van der Waals surface area contributed by atoms with Crippen molar-refractivity contribution in [2.75, 3.05) is 19.4 Å². The second-order valence-electron chi connectivity index (χ2n) is 6.90. The summed E-state index contributed by atoms with van der Waals surface area (Å²) in [4.78, 5) is 25.9. The molecule has 1 aromatic heterocycles. The Morgan fingerprint density at radius 1 is 1.07 bits per heavy atom. The standard InChI is InChI=1S/C19H23N3O4S2/c1-22(2)28(25,26)13-10-8-12(9-11-13)18(24)21-19-16(17(20)23)14-6-4-3-5-7-15(14)27-19/h8-11H,3-7H2,1-2H3,(H2,20,23)(H,21,24). The number of nitrogens with two attached hydrogens (primary N) is 1. The Kier molecular flexibility index (Phi) is 5.87. The Morgan fingerprint density at radius 2 is 1.71 bits per heavy atom. The lowest BCUT2D eigenvalue weighted by molar-refractivity contribution is 0.100. The van der Waals surface area contributed by atoms with Crippen molar-refractivity contribution in [2.24, 2.45) is 5.73 Å². The highest BCUT2D eigenvalue weighted by atomic mass is 32.2. The summed E-state index contributed by atoms with van der Waals surface area (Å²) in [7, 11) is -0.666. The lowest BCUT2D eigenvalue weighted by atomic mass is 10.1. The highest BCUT2D eigenvalue weighted by Crippen LogP contribution is 2.37. The fraction of sp³-hybridized carbons (Fsp3) is 0.368. The van der Waals surface area contributed by atoms with Crippen molar-refractivity contribution in [3.8, 4) is 0 Å². The van der Waals surface area contributed by atoms with Gasteiger partial charge in [-0.05, 0) is 55.5 Å². The van der Waals surface area contributed by atoms with E-state index in [0.29, 0.717) is 16.1 Å². The van der Waals surface area contributed by atoms with Crippen LogP contribution in [0.3, 0.4) is 0 Å². The highest BCUT2D eigenvalue weighted by molar-refractivity contribution is 7.89. The van der Waals surface area contributed by atoms with Crippen LogP contribution in [0, 0.1) is 0 Å². The average Bonchev–Trinajstić information content (AvgIpc) is 2.82. The van der Waals surface area contributed by atoms with E-state index >= 15 is 0 Å². The summed E-state index contributed by atoms with van der Waals surface area (Å²) in [6.45, 7) is 0. The van der Waals surface area contributed by atoms with E-state index in [1.807, 2.05) is 0 Å². The predicted octanol–water partition coefficient (Wildman–Crippen LogP) is 2.62. The van der Waals surface area contributed by atoms with Gasteiger partial charge in [0.25, 0.3) is 11.8 Å². The Bertz CT molecular complexity index is 1010. The number of nitrogens with one attached hydrogen (secondary N) is 1. The van der Waals surface area contributed by atoms with E-state index in [-0.39, 0.29) is 4.90 Å². The number of fused-ring (bicyclic) bond motifs is 1. The van der Waals surface area contributed by atoms with Gasteiger partial charge in [-0.1, -0.05) is 6.42 Å². The van der Waals surface area contributed by atoms with Gasteiger partial charge >= 0.3 is 0 Å². The van der Waals surface area contributed by atoms with E-state index in [2.05, 4.69) is 5.32 Å². The molecule has 0 saturated heterocycles. The van der Waals surface area contributed by atoms with Crippen LogP contribution in [0.2, 0.25) is 0 Å². The zero-order chi connectivity index (χ0) is 20.5. The van der Waals surface area contributed by atoms with Crippen molar-refractivity contribution in [1.29, 1.82) is 0 Å². The van der Waals surface area contributed by atoms with Gasteiger partial charge in [-0.25, -0.2) is 12.7 Å². The summed E-state index contributed by atoms with van der Waals surface area (Å²) >= 11 is 1.40. The van der Waals surface area contributed by atoms with Crippen molar-refractivity contribution >= 4 is 38.2 Å². The number of carbonyl (C=O) groups is 2. The minimum absolute atomic E-state index is 0.106. The van der Waals surface area contributed by atoms with Crippen LogP contribution in [-0.4, -0.2) is 38.6 Å². The fourth-order valence-corrected chi connectivity index (χ4v) is 5.45. The monoisotopic (exact) mass is 421 g/mol. The van der Waals surface area contributed by atoms with Crippen LogP contribution in [0.4, 0.5) is 5.00 Å². The Hall–Kier alpha value is -2.23. The number of thiophene rings is 1. The molecule has 0 unspecified atom stereocenters. The zero-order valence-corrected chi connectivity index (χ0v) is 17.5. The lowest BCUT2D eigenvalue weighted by Gasteiger charge is -2.11. The van der Waals surface area contributed by atoms with Gasteiger partial charge in [-0.15, -0.1) is 11.3 Å². The molecular formula is C19H23N3O4S2. The molecule has 1 aromatic carbocycles. The summed E-state index contributed by atoms with van der Waals surface area (Å²) in [5.41, 5.74) is 7.25. The first kappa shape index (κ1) is 20.5. The van der Waals surface area contributed by atoms with E-state index in [4.69, 9.17) is 5.73 Å². The number of aryl methyl sites for hydroxylation is 1. The molecule has 2 aromatic rings. The number of carbonyl (C=O) groups excluding carboxylic acids is 2. The molecule has 0 bridgehead atoms. The minimum Gasteiger partial charge on any atom is -0.365 e. The summed E-state index contributed by atoms with van der Waals surface area (Å²) < 4.78 is 25.4. The number of hydrogen-bond donors (Lipinski definition) is 2. The van der Waals surface area contributed by atoms with Gasteiger partial charge in [-0.2, -0.15) is 0 Å². The van der Waals surface area contributed by atoms with E-state index in [0.717, 1.165) is 46.8 Å². The molecule has 1 aliphatic carbocycles. The van der Waals surface area contributed by atoms with E-state index in [1.54, 1.807) is 0 Å². The maximum atomic E-state index is 12.6. The van der Waals surface area contributed by atoms with Crippen molar-refractivity contribution in [1.82, 2.24) is 4.31 Å². The van der Waals surface area contributed by atoms with E-state index in [9.17, 15) is 18.0 Å². The lowest BCUT2D eigenvalue weighted by Crippen LogP contribution is -2.22. The molecule has 1 heterocycles. The minimum atomic E-state index is -3.56. The van der Waals surface area contributed by atoms with E-state index < -0.39 is 21.8 Å². The molecule has 1 aliphatic rings. The first-order valence-corrected chi connectivity index (χ1v) is 11.3. The van der Waals surface area contributed by atoms with Crippen LogP contribution < -0.4 is 11.1 Å². The highest BCUT2D eigenvalue weighted by Gasteiger charge is 2.25.